The van der Waals surface area contributed by atoms with Crippen LogP contribution in [0.5, 0.6) is 5.88 Å². The number of hydrogen-bond acceptors (Lipinski definition) is 9. The summed E-state index contributed by atoms with van der Waals surface area (Å²) in [4.78, 5) is 17.3. The molecule has 0 saturated carbocycles. The lowest BCUT2D eigenvalue weighted by molar-refractivity contribution is -0.147. The predicted octanol–water partition coefficient (Wildman–Crippen LogP) is 6.39. The lowest BCUT2D eigenvalue weighted by Crippen LogP contribution is -2.49. The molecule has 1 saturated heterocycles. The van der Waals surface area contributed by atoms with Crippen LogP contribution in [0.4, 0.5) is 8.78 Å². The lowest BCUT2D eigenvalue weighted by atomic mass is 9.70. The van der Waals surface area contributed by atoms with Gasteiger partial charge in [-0.15, -0.1) is 21.0 Å². The minimum Gasteiger partial charge on any atom is -0.481 e. The van der Waals surface area contributed by atoms with E-state index >= 15 is 0 Å². The zero-order valence-corrected chi connectivity index (χ0v) is 26.8. The molecule has 3 N–H and O–H groups in total. The van der Waals surface area contributed by atoms with Gasteiger partial charge in [0.05, 0.1) is 25.2 Å². The van der Waals surface area contributed by atoms with Gasteiger partial charge in [0.15, 0.2) is 5.65 Å². The highest BCUT2D eigenvalue weighted by atomic mass is 32.3. The summed E-state index contributed by atoms with van der Waals surface area (Å²) >= 11 is 0. The maximum absolute atomic E-state index is 13.6. The molecule has 1 atom stereocenters. The van der Waals surface area contributed by atoms with Gasteiger partial charge >= 0.3 is 5.97 Å². The summed E-state index contributed by atoms with van der Waals surface area (Å²) in [7, 11) is -3.54. The molecule has 6 rings (SSSR count). The van der Waals surface area contributed by atoms with Crippen molar-refractivity contribution in [2.24, 2.45) is 5.41 Å². The second-order valence-corrected chi connectivity index (χ2v) is 14.6. The Balaban J connectivity index is 1.45. The Labute approximate surface area is 266 Å². The average molecular weight is 658 g/mol. The molecular formula is C32H37F2N5O6S. The van der Waals surface area contributed by atoms with Gasteiger partial charge < -0.3 is 14.6 Å². The van der Waals surface area contributed by atoms with Crippen molar-refractivity contribution in [1.82, 2.24) is 23.9 Å². The maximum Gasteiger partial charge on any atom is 0.310 e. The van der Waals surface area contributed by atoms with Gasteiger partial charge in [-0.2, -0.15) is 4.31 Å². The van der Waals surface area contributed by atoms with Gasteiger partial charge in [0.25, 0.3) is 6.43 Å². The Morgan fingerprint density at radius 3 is 2.57 bits per heavy atom. The summed E-state index contributed by atoms with van der Waals surface area (Å²) in [5.41, 5.74) is 1.58. The molecule has 5 heterocycles. The Morgan fingerprint density at radius 2 is 1.87 bits per heavy atom. The first-order valence-electron chi connectivity index (χ1n) is 15.0. The molecule has 0 aliphatic carbocycles. The standard InChI is InChI=1S/C32H37F2N5O6S/c1-19-7-8-21(25(31(3,4)30(40)41)23-9-13-39-27(20(23)2)36-37-28(39)26(33)34)16-22(19)17-38-18-32(10-14-44-15-11-32)45-29-24(46(38,42)43)6-5-12-35-29/h5-9,12-13,16,25-26,42-43H,10-11,14-15,17-18H2,1-4H3,(H,40,41). The zero-order chi connectivity index (χ0) is 33.0. The van der Waals surface area contributed by atoms with E-state index in [0.717, 1.165) is 11.1 Å². The Bertz CT molecular complexity index is 1790. The van der Waals surface area contributed by atoms with Crippen LogP contribution in [0.15, 0.2) is 53.7 Å². The fourth-order valence-electron chi connectivity index (χ4n) is 6.51. The zero-order valence-electron chi connectivity index (χ0n) is 26.0. The Kier molecular flexibility index (Phi) is 8.30. The number of fused-ring (bicyclic) bond motifs is 2. The van der Waals surface area contributed by atoms with Crippen LogP contribution in [-0.2, 0) is 16.1 Å². The van der Waals surface area contributed by atoms with Crippen LogP contribution in [0.2, 0.25) is 0 Å². The molecule has 3 aromatic heterocycles. The summed E-state index contributed by atoms with van der Waals surface area (Å²) in [5, 5.41) is 18.1. The van der Waals surface area contributed by atoms with Crippen molar-refractivity contribution in [3.8, 4) is 5.88 Å². The molecule has 1 unspecified atom stereocenters. The first-order chi connectivity index (χ1) is 21.7. The number of carboxylic acid groups (broad SMARTS) is 1. The summed E-state index contributed by atoms with van der Waals surface area (Å²) in [6, 6.07) is 10.5. The Morgan fingerprint density at radius 1 is 1.13 bits per heavy atom. The summed E-state index contributed by atoms with van der Waals surface area (Å²) < 4.78 is 65.5. The molecule has 14 heteroatoms. The third-order valence-corrected chi connectivity index (χ3v) is 11.2. The number of carbonyl (C=O) groups is 1. The fraction of sp³-hybridized carbons (Fsp3) is 0.438. The fourth-order valence-corrected chi connectivity index (χ4v) is 8.12. The van der Waals surface area contributed by atoms with Crippen LogP contribution < -0.4 is 4.74 Å². The molecule has 1 aromatic carbocycles. The molecule has 2 aliphatic rings. The molecule has 246 valence electrons. The summed E-state index contributed by atoms with van der Waals surface area (Å²) in [5.74, 6) is -2.07. The summed E-state index contributed by atoms with van der Waals surface area (Å²) in [6.45, 7) is 8.14. The van der Waals surface area contributed by atoms with Gasteiger partial charge in [0.2, 0.25) is 11.7 Å². The number of aryl methyl sites for hydroxylation is 2. The van der Waals surface area contributed by atoms with Crippen LogP contribution in [0, 0.1) is 19.3 Å². The predicted molar refractivity (Wildman–Crippen MR) is 166 cm³/mol. The van der Waals surface area contributed by atoms with Crippen LogP contribution >= 0.6 is 10.8 Å². The van der Waals surface area contributed by atoms with Crippen LogP contribution in [-0.4, -0.2) is 69.4 Å². The van der Waals surface area contributed by atoms with Crippen LogP contribution in [0.1, 0.15) is 72.7 Å². The molecule has 1 fully saturated rings. The van der Waals surface area contributed by atoms with E-state index in [1.165, 1.54) is 10.6 Å². The first kappa shape index (κ1) is 32.3. The second kappa shape index (κ2) is 11.8. The maximum atomic E-state index is 13.6. The number of benzene rings is 1. The highest BCUT2D eigenvalue weighted by Gasteiger charge is 2.46. The van der Waals surface area contributed by atoms with Gasteiger partial charge in [-0.05, 0) is 73.7 Å². The van der Waals surface area contributed by atoms with E-state index in [9.17, 15) is 27.8 Å². The van der Waals surface area contributed by atoms with E-state index in [4.69, 9.17) is 9.47 Å². The molecule has 46 heavy (non-hydrogen) atoms. The smallest absolute Gasteiger partial charge is 0.310 e. The molecule has 0 radical (unpaired) electrons. The third-order valence-electron chi connectivity index (χ3n) is 9.30. The van der Waals surface area contributed by atoms with Crippen molar-refractivity contribution in [3.63, 3.8) is 0 Å². The molecule has 2 aliphatic heterocycles. The minimum atomic E-state index is -3.54. The monoisotopic (exact) mass is 657 g/mol. The first-order valence-corrected chi connectivity index (χ1v) is 16.5. The number of halogens is 2. The van der Waals surface area contributed by atoms with E-state index < -0.39 is 45.9 Å². The average Bonchev–Trinajstić information content (AvgIpc) is 3.42. The molecule has 4 aromatic rings. The number of nitrogens with zero attached hydrogens (tertiary/aromatic N) is 5. The van der Waals surface area contributed by atoms with Crippen molar-refractivity contribution in [2.45, 2.75) is 69.9 Å². The second-order valence-electron chi connectivity index (χ2n) is 12.6. The van der Waals surface area contributed by atoms with Gasteiger partial charge in [-0.25, -0.2) is 13.8 Å². The minimum absolute atomic E-state index is 0.127. The van der Waals surface area contributed by atoms with Crippen molar-refractivity contribution >= 4 is 22.4 Å². The summed E-state index contributed by atoms with van der Waals surface area (Å²) in [6.07, 6.45) is 1.26. The third kappa shape index (κ3) is 5.51. The van der Waals surface area contributed by atoms with Crippen LogP contribution in [0.25, 0.3) is 5.65 Å². The van der Waals surface area contributed by atoms with Crippen LogP contribution in [0.3, 0.4) is 0 Å². The van der Waals surface area contributed by atoms with E-state index in [1.807, 2.05) is 25.1 Å². The molecule has 0 amide bonds. The lowest BCUT2D eigenvalue weighted by Gasteiger charge is -2.44. The largest absolute Gasteiger partial charge is 0.481 e. The van der Waals surface area contributed by atoms with Gasteiger partial charge in [-0.3, -0.25) is 18.3 Å². The highest BCUT2D eigenvalue weighted by Crippen LogP contribution is 2.58. The molecule has 0 bridgehead atoms. The van der Waals surface area contributed by atoms with Crippen molar-refractivity contribution in [3.05, 3.63) is 82.4 Å². The number of ether oxygens (including phenoxy) is 2. The normalized spacial score (nSPS) is 19.4. The number of hydrogen-bond donors (Lipinski definition) is 3. The van der Waals surface area contributed by atoms with E-state index in [1.54, 1.807) is 49.5 Å². The number of pyridine rings is 2. The van der Waals surface area contributed by atoms with E-state index in [-0.39, 0.29) is 29.5 Å². The molecule has 11 nitrogen and oxygen atoms in total. The van der Waals surface area contributed by atoms with Crippen molar-refractivity contribution in [1.29, 1.82) is 0 Å². The van der Waals surface area contributed by atoms with Crippen molar-refractivity contribution in [2.75, 3.05) is 19.8 Å². The number of aliphatic carboxylic acids is 1. The topological polar surface area (TPSA) is 143 Å². The molecule has 1 spiro atoms. The number of alkyl halides is 2. The number of carboxylic acids is 1. The number of rotatable bonds is 7. The van der Waals surface area contributed by atoms with E-state index in [2.05, 4.69) is 15.2 Å². The Hall–Kier alpha value is -3.69. The quantitative estimate of drug-likeness (QED) is 0.205. The van der Waals surface area contributed by atoms with Crippen molar-refractivity contribution < 1.29 is 37.3 Å². The van der Waals surface area contributed by atoms with E-state index in [0.29, 0.717) is 42.7 Å². The highest BCUT2D eigenvalue weighted by molar-refractivity contribution is 8.22. The molecular weight excluding hydrogens is 620 g/mol. The van der Waals surface area contributed by atoms with Gasteiger partial charge in [0.1, 0.15) is 10.5 Å². The van der Waals surface area contributed by atoms with Gasteiger partial charge in [-0.1, -0.05) is 18.2 Å². The van der Waals surface area contributed by atoms with Gasteiger partial charge in [0, 0.05) is 37.7 Å². The number of aromatic nitrogens is 4. The SMILES string of the molecule is Cc1ccc(C(c2ccn3c(C(F)F)nnc3c2C)C(C)(C)C(=O)O)cc1CN1CC2(CCOCC2)Oc2ncccc2S1(O)O.